The molecule has 0 saturated carbocycles. The van der Waals surface area contributed by atoms with Crippen LogP contribution in [-0.2, 0) is 19.5 Å². The molecule has 0 fully saturated rings. The highest BCUT2D eigenvalue weighted by molar-refractivity contribution is 6.30. The molecule has 1 unspecified atom stereocenters. The van der Waals surface area contributed by atoms with Crippen LogP contribution in [0.25, 0.3) is 0 Å². The minimum atomic E-state index is -0.326. The van der Waals surface area contributed by atoms with Crippen LogP contribution >= 0.6 is 36.4 Å². The molecule has 2 N–H and O–H groups in total. The van der Waals surface area contributed by atoms with Crippen molar-refractivity contribution < 1.29 is 0 Å². The molecule has 0 saturated heterocycles. The Hall–Kier alpha value is -1.93. The van der Waals surface area contributed by atoms with E-state index in [1.807, 2.05) is 24.3 Å². The first-order valence-electron chi connectivity index (χ1n) is 9.63. The quantitative estimate of drug-likeness (QED) is 0.631. The van der Waals surface area contributed by atoms with Gasteiger partial charge in [0.2, 0.25) is 0 Å². The molecule has 3 heterocycles. The Morgan fingerprint density at radius 2 is 1.87 bits per heavy atom. The average molecular weight is 469 g/mol. The second-order valence-corrected chi connectivity index (χ2v) is 8.01. The molecule has 2 aromatic heterocycles. The van der Waals surface area contributed by atoms with E-state index in [9.17, 15) is 0 Å². The van der Waals surface area contributed by atoms with Gasteiger partial charge in [0, 0.05) is 29.4 Å². The van der Waals surface area contributed by atoms with Gasteiger partial charge in [-0.15, -0.1) is 35.0 Å². The first-order valence-corrected chi connectivity index (χ1v) is 10.0. The summed E-state index contributed by atoms with van der Waals surface area (Å²) in [5.74, 6) is 3.26. The first kappa shape index (κ1) is 22.7. The summed E-state index contributed by atoms with van der Waals surface area (Å²) in [6.45, 7) is 4.57. The summed E-state index contributed by atoms with van der Waals surface area (Å²) in [5.41, 5.74) is 9.94. The molecule has 3 aromatic rings. The molecule has 2 atom stereocenters. The molecule has 5 rings (SSSR count). The van der Waals surface area contributed by atoms with E-state index in [2.05, 4.69) is 36.6 Å². The second kappa shape index (κ2) is 9.06. The number of aromatic nitrogens is 5. The standard InChI is InChI=1S/C20H22ClN7.2ClH/c1-12-2-7-15-17(12)19(24-11-23-15)27-8-9-28-16(10-27)25-26-20(28)18(22)13-3-5-14(21)6-4-13;;/h3-6,11-12,18H,2,7-10,22H2,1H3;2*1H/t12-,18?;;/m1../s1. The van der Waals surface area contributed by atoms with Crippen LogP contribution in [0.1, 0.15) is 53.8 Å². The van der Waals surface area contributed by atoms with Crippen molar-refractivity contribution in [2.75, 3.05) is 11.4 Å². The fourth-order valence-electron chi connectivity index (χ4n) is 4.29. The van der Waals surface area contributed by atoms with Gasteiger partial charge in [0.05, 0.1) is 12.6 Å². The van der Waals surface area contributed by atoms with E-state index in [0.29, 0.717) is 17.5 Å². The van der Waals surface area contributed by atoms with Crippen molar-refractivity contribution in [2.45, 2.75) is 44.8 Å². The first-order chi connectivity index (χ1) is 13.6. The van der Waals surface area contributed by atoms with E-state index >= 15 is 0 Å². The lowest BCUT2D eigenvalue weighted by molar-refractivity contribution is 0.528. The Morgan fingerprint density at radius 1 is 1.10 bits per heavy atom. The molecule has 0 radical (unpaired) electrons. The number of halogens is 3. The Labute approximate surface area is 192 Å². The molecule has 1 aromatic carbocycles. The molecule has 10 heteroatoms. The van der Waals surface area contributed by atoms with Crippen molar-refractivity contribution in [2.24, 2.45) is 5.73 Å². The molecule has 0 amide bonds. The Balaban J connectivity index is 0.00000128. The molecule has 0 spiro atoms. The molecule has 30 heavy (non-hydrogen) atoms. The van der Waals surface area contributed by atoms with Crippen molar-refractivity contribution >= 4 is 42.2 Å². The minimum absolute atomic E-state index is 0. The number of hydrogen-bond donors (Lipinski definition) is 1. The van der Waals surface area contributed by atoms with Crippen LogP contribution in [0.4, 0.5) is 5.82 Å². The molecule has 0 bridgehead atoms. The highest BCUT2D eigenvalue weighted by Gasteiger charge is 2.30. The maximum atomic E-state index is 6.47. The van der Waals surface area contributed by atoms with E-state index in [4.69, 9.17) is 17.3 Å². The predicted octanol–water partition coefficient (Wildman–Crippen LogP) is 3.68. The maximum absolute atomic E-state index is 6.47. The molecular formula is C20H24Cl3N7. The molecule has 1 aliphatic heterocycles. The monoisotopic (exact) mass is 467 g/mol. The van der Waals surface area contributed by atoms with Crippen LogP contribution in [0.2, 0.25) is 5.02 Å². The van der Waals surface area contributed by atoms with Crippen LogP contribution in [0, 0.1) is 0 Å². The van der Waals surface area contributed by atoms with Gasteiger partial charge in [0.15, 0.2) is 11.6 Å². The third kappa shape index (κ3) is 3.87. The van der Waals surface area contributed by atoms with E-state index in [1.54, 1.807) is 6.33 Å². The Kier molecular flexibility index (Phi) is 6.87. The van der Waals surface area contributed by atoms with E-state index < -0.39 is 0 Å². The maximum Gasteiger partial charge on any atom is 0.154 e. The van der Waals surface area contributed by atoms with Crippen LogP contribution in [0.5, 0.6) is 0 Å². The van der Waals surface area contributed by atoms with Crippen molar-refractivity contribution in [1.82, 2.24) is 24.7 Å². The van der Waals surface area contributed by atoms with Gasteiger partial charge in [-0.25, -0.2) is 9.97 Å². The zero-order chi connectivity index (χ0) is 19.3. The molecular weight excluding hydrogens is 445 g/mol. The normalized spacial score (nSPS) is 18.1. The minimum Gasteiger partial charge on any atom is -0.347 e. The van der Waals surface area contributed by atoms with Gasteiger partial charge in [-0.05, 0) is 36.5 Å². The number of anilines is 1. The molecule has 160 valence electrons. The lowest BCUT2D eigenvalue weighted by atomic mass is 10.1. The fourth-order valence-corrected chi connectivity index (χ4v) is 4.41. The number of hydrogen-bond acceptors (Lipinski definition) is 6. The SMILES string of the molecule is C[C@@H]1CCc2ncnc(N3CCn4c(nnc4C(N)c4ccc(Cl)cc4)C3)c21.Cl.Cl. The summed E-state index contributed by atoms with van der Waals surface area (Å²) in [4.78, 5) is 11.4. The van der Waals surface area contributed by atoms with Gasteiger partial charge in [-0.2, -0.15) is 0 Å². The number of aryl methyl sites for hydroxylation is 1. The smallest absolute Gasteiger partial charge is 0.154 e. The summed E-state index contributed by atoms with van der Waals surface area (Å²) in [5, 5.41) is 9.53. The van der Waals surface area contributed by atoms with Crippen LogP contribution < -0.4 is 10.6 Å². The zero-order valence-corrected chi connectivity index (χ0v) is 18.9. The highest BCUT2D eigenvalue weighted by Crippen LogP contribution is 2.38. The van der Waals surface area contributed by atoms with Crippen molar-refractivity contribution in [3.8, 4) is 0 Å². The van der Waals surface area contributed by atoms with E-state index in [1.165, 1.54) is 11.3 Å². The van der Waals surface area contributed by atoms with Crippen LogP contribution in [0.15, 0.2) is 30.6 Å². The highest BCUT2D eigenvalue weighted by atomic mass is 35.5. The Bertz CT molecular complexity index is 1020. The summed E-state index contributed by atoms with van der Waals surface area (Å²) >= 11 is 5.99. The third-order valence-corrected chi connectivity index (χ3v) is 6.09. The topological polar surface area (TPSA) is 85.8 Å². The van der Waals surface area contributed by atoms with Crippen molar-refractivity contribution in [3.63, 3.8) is 0 Å². The van der Waals surface area contributed by atoms with Gasteiger partial charge in [-0.3, -0.25) is 0 Å². The van der Waals surface area contributed by atoms with Gasteiger partial charge in [0.25, 0.3) is 0 Å². The van der Waals surface area contributed by atoms with Crippen molar-refractivity contribution in [3.05, 3.63) is 64.1 Å². The largest absolute Gasteiger partial charge is 0.347 e. The van der Waals surface area contributed by atoms with Crippen molar-refractivity contribution in [1.29, 1.82) is 0 Å². The van der Waals surface area contributed by atoms with Gasteiger partial charge < -0.3 is 15.2 Å². The molecule has 1 aliphatic carbocycles. The van der Waals surface area contributed by atoms with Gasteiger partial charge >= 0.3 is 0 Å². The lowest BCUT2D eigenvalue weighted by Crippen LogP contribution is -2.36. The summed E-state index contributed by atoms with van der Waals surface area (Å²) < 4.78 is 2.14. The Morgan fingerprint density at radius 3 is 2.63 bits per heavy atom. The summed E-state index contributed by atoms with van der Waals surface area (Å²) in [6, 6.07) is 7.25. The van der Waals surface area contributed by atoms with Gasteiger partial charge in [-0.1, -0.05) is 30.7 Å². The molecule has 7 nitrogen and oxygen atoms in total. The third-order valence-electron chi connectivity index (χ3n) is 5.84. The number of fused-ring (bicyclic) bond motifs is 2. The summed E-state index contributed by atoms with van der Waals surface area (Å²) in [7, 11) is 0. The second-order valence-electron chi connectivity index (χ2n) is 7.57. The average Bonchev–Trinajstić information content (AvgIpc) is 3.31. The number of benzene rings is 1. The number of rotatable bonds is 3. The fraction of sp³-hybridized carbons (Fsp3) is 0.400. The lowest BCUT2D eigenvalue weighted by Gasteiger charge is -2.31. The zero-order valence-electron chi connectivity index (χ0n) is 16.5. The van der Waals surface area contributed by atoms with Gasteiger partial charge in [0.1, 0.15) is 12.1 Å². The van der Waals surface area contributed by atoms with E-state index in [0.717, 1.165) is 49.0 Å². The molecule has 2 aliphatic rings. The predicted molar refractivity (Wildman–Crippen MR) is 122 cm³/mol. The summed E-state index contributed by atoms with van der Waals surface area (Å²) in [6.07, 6.45) is 3.87. The number of nitrogens with two attached hydrogens (primary N) is 1. The van der Waals surface area contributed by atoms with Crippen LogP contribution in [-0.4, -0.2) is 31.3 Å². The van der Waals surface area contributed by atoms with Crippen LogP contribution in [0.3, 0.4) is 0 Å². The number of nitrogens with zero attached hydrogens (tertiary/aromatic N) is 6. The van der Waals surface area contributed by atoms with E-state index in [-0.39, 0.29) is 30.9 Å².